The second-order valence-electron chi connectivity index (χ2n) is 7.96. The summed E-state index contributed by atoms with van der Waals surface area (Å²) >= 11 is 0. The van der Waals surface area contributed by atoms with Crippen molar-refractivity contribution in [1.82, 2.24) is 5.32 Å². The number of esters is 1. The summed E-state index contributed by atoms with van der Waals surface area (Å²) in [5.41, 5.74) is 3.50. The Hall–Kier alpha value is -2.89. The van der Waals surface area contributed by atoms with E-state index in [9.17, 15) is 9.90 Å². The summed E-state index contributed by atoms with van der Waals surface area (Å²) < 4.78 is 10.5. The molecule has 0 amide bonds. The van der Waals surface area contributed by atoms with Crippen molar-refractivity contribution in [2.75, 3.05) is 19.8 Å². The van der Waals surface area contributed by atoms with Gasteiger partial charge in [0.15, 0.2) is 6.61 Å². The van der Waals surface area contributed by atoms with Gasteiger partial charge in [0.1, 0.15) is 5.75 Å². The first-order chi connectivity index (χ1) is 15.1. The van der Waals surface area contributed by atoms with Crippen molar-refractivity contribution in [3.8, 4) is 5.75 Å². The van der Waals surface area contributed by atoms with Crippen LogP contribution in [0.5, 0.6) is 5.75 Å². The lowest BCUT2D eigenvalue weighted by atomic mass is 9.88. The fourth-order valence-electron chi connectivity index (χ4n) is 4.27. The molecule has 3 aromatic carbocycles. The molecule has 0 saturated carbocycles. The molecule has 0 aliphatic heterocycles. The number of carbonyl (C=O) groups excluding carboxylic acids is 1. The quantitative estimate of drug-likeness (QED) is 0.541. The Morgan fingerprint density at radius 2 is 1.97 bits per heavy atom. The highest BCUT2D eigenvalue weighted by atomic mass is 16.6. The highest BCUT2D eigenvalue weighted by molar-refractivity contribution is 5.86. The van der Waals surface area contributed by atoms with Crippen LogP contribution in [0.4, 0.5) is 0 Å². The third-order valence-electron chi connectivity index (χ3n) is 5.85. The van der Waals surface area contributed by atoms with Crippen LogP contribution in [0, 0.1) is 0 Å². The van der Waals surface area contributed by atoms with Gasteiger partial charge in [-0.1, -0.05) is 48.5 Å². The monoisotopic (exact) mass is 419 g/mol. The molecule has 1 aliphatic rings. The van der Waals surface area contributed by atoms with Crippen LogP contribution in [0.2, 0.25) is 0 Å². The van der Waals surface area contributed by atoms with E-state index in [-0.39, 0.29) is 18.6 Å². The molecular formula is C26H29NO4. The minimum absolute atomic E-state index is 0.0778. The van der Waals surface area contributed by atoms with E-state index in [4.69, 9.17) is 9.47 Å². The molecule has 1 aliphatic carbocycles. The number of rotatable bonds is 8. The number of aliphatic hydroxyl groups is 1. The largest absolute Gasteiger partial charge is 0.482 e. The summed E-state index contributed by atoms with van der Waals surface area (Å²) in [7, 11) is 0. The Labute approximate surface area is 183 Å². The molecule has 5 nitrogen and oxygen atoms in total. The predicted octanol–water partition coefficient (Wildman–Crippen LogP) is 3.96. The van der Waals surface area contributed by atoms with E-state index < -0.39 is 6.10 Å². The number of aliphatic hydroxyl groups excluding tert-OH is 1. The van der Waals surface area contributed by atoms with Gasteiger partial charge in [-0.25, -0.2) is 4.79 Å². The number of fused-ring (bicyclic) bond motifs is 2. The minimum atomic E-state index is -0.563. The van der Waals surface area contributed by atoms with E-state index in [2.05, 4.69) is 29.6 Å². The van der Waals surface area contributed by atoms with E-state index in [0.29, 0.717) is 18.9 Å². The topological polar surface area (TPSA) is 67.8 Å². The fourth-order valence-corrected chi connectivity index (χ4v) is 4.27. The SMILES string of the molecule is CCOC(=O)COc1ccc2c(c1)C[C@@H](NC[C@@H](O)c1cccc3ccccc13)CC2. The molecule has 0 saturated heterocycles. The summed E-state index contributed by atoms with van der Waals surface area (Å²) in [6.07, 6.45) is 2.31. The molecule has 0 spiro atoms. The van der Waals surface area contributed by atoms with Crippen molar-refractivity contribution < 1.29 is 19.4 Å². The molecule has 31 heavy (non-hydrogen) atoms. The molecule has 5 heteroatoms. The van der Waals surface area contributed by atoms with Crippen LogP contribution in [0.1, 0.15) is 36.1 Å². The number of hydrogen-bond acceptors (Lipinski definition) is 5. The molecule has 0 radical (unpaired) electrons. The summed E-state index contributed by atoms with van der Waals surface area (Å²) in [5, 5.41) is 16.6. The Balaban J connectivity index is 1.36. The minimum Gasteiger partial charge on any atom is -0.482 e. The Bertz CT molecular complexity index is 1040. The zero-order chi connectivity index (χ0) is 21.6. The van der Waals surface area contributed by atoms with Crippen LogP contribution < -0.4 is 10.1 Å². The zero-order valence-electron chi connectivity index (χ0n) is 17.8. The summed E-state index contributed by atoms with van der Waals surface area (Å²) in [4.78, 5) is 11.5. The van der Waals surface area contributed by atoms with Gasteiger partial charge in [0.25, 0.3) is 0 Å². The lowest BCUT2D eigenvalue weighted by Crippen LogP contribution is -2.37. The first-order valence-corrected chi connectivity index (χ1v) is 10.9. The van der Waals surface area contributed by atoms with Gasteiger partial charge in [-0.3, -0.25) is 0 Å². The Kier molecular flexibility index (Phi) is 6.85. The van der Waals surface area contributed by atoms with Crippen molar-refractivity contribution in [3.63, 3.8) is 0 Å². The second kappa shape index (κ2) is 9.94. The van der Waals surface area contributed by atoms with E-state index in [0.717, 1.165) is 35.6 Å². The van der Waals surface area contributed by atoms with E-state index in [1.165, 1.54) is 11.1 Å². The standard InChI is InChI=1S/C26H29NO4/c1-2-30-26(29)17-31-22-13-11-18-10-12-21(14-20(18)15-22)27-16-25(28)24-9-5-7-19-6-3-4-8-23(19)24/h3-9,11,13,15,21,25,27-28H,2,10,12,14,16-17H2,1H3/t21-,25+/m0/s1. The molecule has 3 aromatic rings. The van der Waals surface area contributed by atoms with Gasteiger partial charge >= 0.3 is 5.97 Å². The maximum Gasteiger partial charge on any atom is 0.344 e. The van der Waals surface area contributed by atoms with Gasteiger partial charge in [0, 0.05) is 12.6 Å². The Morgan fingerprint density at radius 3 is 2.84 bits per heavy atom. The Morgan fingerprint density at radius 1 is 1.13 bits per heavy atom. The summed E-state index contributed by atoms with van der Waals surface area (Å²) in [6.45, 7) is 2.56. The molecular weight excluding hydrogens is 390 g/mol. The molecule has 0 heterocycles. The maximum atomic E-state index is 11.5. The van der Waals surface area contributed by atoms with Gasteiger partial charge in [-0.05, 0) is 65.8 Å². The van der Waals surface area contributed by atoms with Crippen LogP contribution in [0.15, 0.2) is 60.7 Å². The highest BCUT2D eigenvalue weighted by Gasteiger charge is 2.21. The fraction of sp³-hybridized carbons (Fsp3) is 0.346. The van der Waals surface area contributed by atoms with Crippen LogP contribution >= 0.6 is 0 Å². The van der Waals surface area contributed by atoms with Gasteiger partial charge in [-0.2, -0.15) is 0 Å². The van der Waals surface area contributed by atoms with Gasteiger partial charge in [0.05, 0.1) is 12.7 Å². The maximum absolute atomic E-state index is 11.5. The first kappa shape index (κ1) is 21.3. The number of ether oxygens (including phenoxy) is 2. The third-order valence-corrected chi connectivity index (χ3v) is 5.85. The van der Waals surface area contributed by atoms with Gasteiger partial charge in [0.2, 0.25) is 0 Å². The van der Waals surface area contributed by atoms with Crippen molar-refractivity contribution in [2.45, 2.75) is 38.3 Å². The van der Waals surface area contributed by atoms with Crippen LogP contribution in [-0.4, -0.2) is 36.9 Å². The van der Waals surface area contributed by atoms with Crippen molar-refractivity contribution >= 4 is 16.7 Å². The molecule has 0 unspecified atom stereocenters. The zero-order valence-corrected chi connectivity index (χ0v) is 17.8. The van der Waals surface area contributed by atoms with Gasteiger partial charge < -0.3 is 19.9 Å². The second-order valence-corrected chi connectivity index (χ2v) is 7.96. The lowest BCUT2D eigenvalue weighted by molar-refractivity contribution is -0.145. The van der Waals surface area contributed by atoms with Crippen molar-refractivity contribution in [2.24, 2.45) is 0 Å². The number of hydrogen-bond donors (Lipinski definition) is 2. The molecule has 4 rings (SSSR count). The molecule has 0 fully saturated rings. The third kappa shape index (κ3) is 5.24. The molecule has 2 N–H and O–H groups in total. The molecule has 162 valence electrons. The average Bonchev–Trinajstić information content (AvgIpc) is 2.80. The van der Waals surface area contributed by atoms with Gasteiger partial charge in [-0.15, -0.1) is 0 Å². The average molecular weight is 420 g/mol. The van der Waals surface area contributed by atoms with E-state index in [1.54, 1.807) is 6.92 Å². The molecule has 2 atom stereocenters. The summed E-state index contributed by atoms with van der Waals surface area (Å²) in [5.74, 6) is 0.324. The van der Waals surface area contributed by atoms with E-state index in [1.807, 2.05) is 36.4 Å². The highest BCUT2D eigenvalue weighted by Crippen LogP contribution is 2.27. The van der Waals surface area contributed by atoms with Crippen LogP contribution in [0.3, 0.4) is 0 Å². The van der Waals surface area contributed by atoms with Crippen molar-refractivity contribution in [1.29, 1.82) is 0 Å². The number of benzene rings is 3. The normalized spacial score (nSPS) is 16.5. The first-order valence-electron chi connectivity index (χ1n) is 10.9. The smallest absolute Gasteiger partial charge is 0.344 e. The summed E-state index contributed by atoms with van der Waals surface area (Å²) in [6, 6.07) is 20.5. The van der Waals surface area contributed by atoms with Crippen LogP contribution in [-0.2, 0) is 22.4 Å². The molecule has 0 bridgehead atoms. The number of carbonyl (C=O) groups is 1. The number of nitrogens with one attached hydrogen (secondary N) is 1. The predicted molar refractivity (Wildman–Crippen MR) is 121 cm³/mol. The van der Waals surface area contributed by atoms with E-state index >= 15 is 0 Å². The van der Waals surface area contributed by atoms with Crippen molar-refractivity contribution in [3.05, 3.63) is 77.4 Å². The van der Waals surface area contributed by atoms with Crippen LogP contribution in [0.25, 0.3) is 10.8 Å². The lowest BCUT2D eigenvalue weighted by Gasteiger charge is -2.27. The molecule has 0 aromatic heterocycles. The number of aryl methyl sites for hydroxylation is 1.